The Morgan fingerprint density at radius 2 is 1.86 bits per heavy atom. The van der Waals surface area contributed by atoms with Crippen LogP contribution in [0.2, 0.25) is 0 Å². The number of rotatable bonds is 11. The normalized spacial score (nSPS) is 10.8. The maximum atomic E-state index is 5.78. The first-order valence-corrected chi connectivity index (χ1v) is 9.47. The standard InChI is InChI=1S/C21H30N4O3.HI/c1-4-22-21(25(2)13-14-27-19-10-6-5-7-11-19)24-17-18-9-8-12-23-20(18)28-16-15-26-3;/h5-12H,4,13-17H2,1-3H3,(H,22,24);1H. The molecule has 0 radical (unpaired) electrons. The molecule has 0 atom stereocenters. The quantitative estimate of drug-likeness (QED) is 0.215. The van der Waals surface area contributed by atoms with E-state index in [4.69, 9.17) is 19.2 Å². The number of likely N-dealkylation sites (N-methyl/N-ethyl adjacent to an activating group) is 1. The van der Waals surface area contributed by atoms with Gasteiger partial charge in [-0.3, -0.25) is 0 Å². The number of aliphatic imine (C=N–C) groups is 1. The predicted molar refractivity (Wildman–Crippen MR) is 126 cm³/mol. The van der Waals surface area contributed by atoms with Crippen LogP contribution in [0.15, 0.2) is 53.7 Å². The zero-order valence-electron chi connectivity index (χ0n) is 17.3. The van der Waals surface area contributed by atoms with Gasteiger partial charge in [-0.05, 0) is 25.1 Å². The molecule has 0 unspecified atom stereocenters. The van der Waals surface area contributed by atoms with Crippen LogP contribution in [0.5, 0.6) is 11.6 Å². The maximum absolute atomic E-state index is 5.78. The molecular weight excluding hydrogens is 483 g/mol. The van der Waals surface area contributed by atoms with Crippen molar-refractivity contribution in [3.8, 4) is 11.6 Å². The van der Waals surface area contributed by atoms with Crippen LogP contribution < -0.4 is 14.8 Å². The largest absolute Gasteiger partial charge is 0.492 e. The van der Waals surface area contributed by atoms with Crippen LogP contribution in [0.25, 0.3) is 0 Å². The zero-order valence-corrected chi connectivity index (χ0v) is 19.7. The van der Waals surface area contributed by atoms with E-state index in [1.54, 1.807) is 13.3 Å². The lowest BCUT2D eigenvalue weighted by atomic mass is 10.3. The first-order valence-electron chi connectivity index (χ1n) is 9.47. The Balaban J connectivity index is 0.00000420. The number of pyridine rings is 1. The molecule has 160 valence electrons. The van der Waals surface area contributed by atoms with E-state index in [1.807, 2.05) is 61.3 Å². The molecule has 29 heavy (non-hydrogen) atoms. The highest BCUT2D eigenvalue weighted by atomic mass is 127. The number of ether oxygens (including phenoxy) is 3. The van der Waals surface area contributed by atoms with Gasteiger partial charge < -0.3 is 24.4 Å². The van der Waals surface area contributed by atoms with Crippen molar-refractivity contribution in [1.82, 2.24) is 15.2 Å². The van der Waals surface area contributed by atoms with Crippen molar-refractivity contribution in [1.29, 1.82) is 0 Å². The summed E-state index contributed by atoms with van der Waals surface area (Å²) in [5.74, 6) is 2.27. The van der Waals surface area contributed by atoms with Gasteiger partial charge in [0.15, 0.2) is 5.96 Å². The summed E-state index contributed by atoms with van der Waals surface area (Å²) in [5.41, 5.74) is 0.933. The molecule has 0 aliphatic carbocycles. The molecule has 0 amide bonds. The van der Waals surface area contributed by atoms with Gasteiger partial charge >= 0.3 is 0 Å². The molecule has 0 aliphatic heterocycles. The average molecular weight is 514 g/mol. The molecule has 1 aromatic heterocycles. The summed E-state index contributed by atoms with van der Waals surface area (Å²) in [6, 6.07) is 13.7. The molecule has 7 nitrogen and oxygen atoms in total. The molecule has 2 rings (SSSR count). The van der Waals surface area contributed by atoms with Crippen LogP contribution >= 0.6 is 24.0 Å². The van der Waals surface area contributed by atoms with Crippen molar-refractivity contribution in [3.63, 3.8) is 0 Å². The topological polar surface area (TPSA) is 68.2 Å². The van der Waals surface area contributed by atoms with E-state index in [1.165, 1.54) is 0 Å². The van der Waals surface area contributed by atoms with Crippen LogP contribution in [0.4, 0.5) is 0 Å². The molecule has 1 aromatic carbocycles. The summed E-state index contributed by atoms with van der Waals surface area (Å²) in [6.07, 6.45) is 1.72. The van der Waals surface area contributed by atoms with Gasteiger partial charge in [-0.2, -0.15) is 0 Å². The van der Waals surface area contributed by atoms with E-state index >= 15 is 0 Å². The predicted octanol–water partition coefficient (Wildman–Crippen LogP) is 3.20. The second-order valence-electron chi connectivity index (χ2n) is 6.06. The Kier molecular flexibility index (Phi) is 12.8. The first kappa shape index (κ1) is 25.0. The molecule has 0 fully saturated rings. The van der Waals surface area contributed by atoms with Gasteiger partial charge in [0, 0.05) is 32.5 Å². The van der Waals surface area contributed by atoms with E-state index in [9.17, 15) is 0 Å². The Labute approximate surface area is 190 Å². The average Bonchev–Trinajstić information content (AvgIpc) is 2.73. The van der Waals surface area contributed by atoms with Crippen LogP contribution in [0.1, 0.15) is 12.5 Å². The molecule has 1 heterocycles. The van der Waals surface area contributed by atoms with Crippen molar-refractivity contribution >= 4 is 29.9 Å². The third-order valence-corrected chi connectivity index (χ3v) is 3.91. The smallest absolute Gasteiger partial charge is 0.218 e. The number of nitrogens with zero attached hydrogens (tertiary/aromatic N) is 3. The van der Waals surface area contributed by atoms with Crippen LogP contribution in [-0.4, -0.2) is 62.9 Å². The van der Waals surface area contributed by atoms with Crippen molar-refractivity contribution in [2.45, 2.75) is 13.5 Å². The Morgan fingerprint density at radius 1 is 1.07 bits per heavy atom. The number of nitrogens with one attached hydrogen (secondary N) is 1. The fourth-order valence-corrected chi connectivity index (χ4v) is 2.45. The minimum Gasteiger partial charge on any atom is -0.492 e. The van der Waals surface area contributed by atoms with Crippen LogP contribution in [-0.2, 0) is 11.3 Å². The lowest BCUT2D eigenvalue weighted by Gasteiger charge is -2.22. The zero-order chi connectivity index (χ0) is 20.0. The van der Waals surface area contributed by atoms with Crippen molar-refractivity contribution < 1.29 is 14.2 Å². The summed E-state index contributed by atoms with van der Waals surface area (Å²) < 4.78 is 16.5. The number of guanidine groups is 1. The van der Waals surface area contributed by atoms with E-state index in [-0.39, 0.29) is 24.0 Å². The summed E-state index contributed by atoms with van der Waals surface area (Å²) >= 11 is 0. The molecule has 0 bridgehead atoms. The molecular formula is C21H31IN4O3. The number of para-hydroxylation sites is 1. The summed E-state index contributed by atoms with van der Waals surface area (Å²) in [6.45, 7) is 5.57. The van der Waals surface area contributed by atoms with E-state index in [0.29, 0.717) is 38.8 Å². The minimum atomic E-state index is 0. The van der Waals surface area contributed by atoms with Gasteiger partial charge in [0.05, 0.1) is 19.7 Å². The SMILES string of the molecule is CCNC(=NCc1cccnc1OCCOC)N(C)CCOc1ccccc1.I. The van der Waals surface area contributed by atoms with Gasteiger partial charge in [-0.15, -0.1) is 24.0 Å². The Morgan fingerprint density at radius 3 is 2.59 bits per heavy atom. The number of benzene rings is 1. The lowest BCUT2D eigenvalue weighted by molar-refractivity contribution is 0.143. The highest BCUT2D eigenvalue weighted by Crippen LogP contribution is 2.15. The molecule has 0 spiro atoms. The van der Waals surface area contributed by atoms with Crippen molar-refractivity contribution in [3.05, 3.63) is 54.2 Å². The van der Waals surface area contributed by atoms with Gasteiger partial charge in [-0.25, -0.2) is 9.98 Å². The third kappa shape index (κ3) is 9.31. The maximum Gasteiger partial charge on any atom is 0.218 e. The van der Waals surface area contributed by atoms with Gasteiger partial charge in [0.1, 0.15) is 19.0 Å². The van der Waals surface area contributed by atoms with Gasteiger partial charge in [0.2, 0.25) is 5.88 Å². The van der Waals surface area contributed by atoms with Gasteiger partial charge in [0.25, 0.3) is 0 Å². The molecule has 1 N–H and O–H groups in total. The van der Waals surface area contributed by atoms with E-state index in [2.05, 4.69) is 10.3 Å². The Hall–Kier alpha value is -2.07. The fourth-order valence-electron chi connectivity index (χ4n) is 2.45. The number of hydrogen-bond donors (Lipinski definition) is 1. The van der Waals surface area contributed by atoms with E-state index in [0.717, 1.165) is 23.8 Å². The first-order chi connectivity index (χ1) is 13.7. The van der Waals surface area contributed by atoms with E-state index < -0.39 is 0 Å². The second-order valence-corrected chi connectivity index (χ2v) is 6.06. The minimum absolute atomic E-state index is 0. The highest BCUT2D eigenvalue weighted by Gasteiger charge is 2.08. The van der Waals surface area contributed by atoms with Crippen molar-refractivity contribution in [2.24, 2.45) is 4.99 Å². The monoisotopic (exact) mass is 514 g/mol. The van der Waals surface area contributed by atoms with Gasteiger partial charge in [-0.1, -0.05) is 24.3 Å². The number of halogens is 1. The molecule has 0 saturated heterocycles. The molecule has 8 heteroatoms. The summed E-state index contributed by atoms with van der Waals surface area (Å²) in [7, 11) is 3.64. The third-order valence-electron chi connectivity index (χ3n) is 3.91. The number of methoxy groups -OCH3 is 1. The molecule has 0 saturated carbocycles. The number of hydrogen-bond acceptors (Lipinski definition) is 5. The van der Waals surface area contributed by atoms with Crippen LogP contribution in [0, 0.1) is 0 Å². The summed E-state index contributed by atoms with van der Waals surface area (Å²) in [5, 5.41) is 3.31. The Bertz CT molecular complexity index is 716. The van der Waals surface area contributed by atoms with Crippen LogP contribution in [0.3, 0.4) is 0 Å². The van der Waals surface area contributed by atoms with Crippen molar-refractivity contribution in [2.75, 3.05) is 47.1 Å². The fraction of sp³-hybridized carbons (Fsp3) is 0.429. The second kappa shape index (κ2) is 14.9. The lowest BCUT2D eigenvalue weighted by Crippen LogP contribution is -2.40. The highest BCUT2D eigenvalue weighted by molar-refractivity contribution is 14.0. The summed E-state index contributed by atoms with van der Waals surface area (Å²) in [4.78, 5) is 11.1. The molecule has 2 aromatic rings. The number of aromatic nitrogens is 1. The molecule has 0 aliphatic rings.